The van der Waals surface area contributed by atoms with Crippen LogP contribution in [0, 0.1) is 5.41 Å². The first-order chi connectivity index (χ1) is 12.0. The molecule has 0 aliphatic heterocycles. The van der Waals surface area contributed by atoms with Gasteiger partial charge in [-0.1, -0.05) is 19.8 Å². The normalized spacial score (nSPS) is 18.0. The first kappa shape index (κ1) is 21.7. The van der Waals surface area contributed by atoms with E-state index in [0.717, 1.165) is 38.6 Å². The fraction of sp³-hybridized carbons (Fsp3) is 0.895. The third-order valence-corrected chi connectivity index (χ3v) is 5.16. The highest BCUT2D eigenvalue weighted by atomic mass is 16.5. The first-order valence-electron chi connectivity index (χ1n) is 9.87. The lowest BCUT2D eigenvalue weighted by atomic mass is 9.83. The third kappa shape index (κ3) is 8.56. The van der Waals surface area contributed by atoms with E-state index in [9.17, 15) is 4.79 Å². The van der Waals surface area contributed by atoms with Gasteiger partial charge in [0.05, 0.1) is 0 Å². The fourth-order valence-electron chi connectivity index (χ4n) is 3.31. The zero-order valence-corrected chi connectivity index (χ0v) is 16.6. The van der Waals surface area contributed by atoms with Gasteiger partial charge in [0.2, 0.25) is 5.91 Å². The van der Waals surface area contributed by atoms with Gasteiger partial charge in [0.15, 0.2) is 5.96 Å². The van der Waals surface area contributed by atoms with Crippen molar-refractivity contribution in [2.24, 2.45) is 10.4 Å². The van der Waals surface area contributed by atoms with E-state index in [2.05, 4.69) is 27.9 Å². The summed E-state index contributed by atoms with van der Waals surface area (Å²) in [5.74, 6) is 0.861. The summed E-state index contributed by atoms with van der Waals surface area (Å²) >= 11 is 0. The summed E-state index contributed by atoms with van der Waals surface area (Å²) in [5.41, 5.74) is 0.320. The van der Waals surface area contributed by atoms with Crippen LogP contribution in [0.3, 0.4) is 0 Å². The van der Waals surface area contributed by atoms with Crippen LogP contribution >= 0.6 is 0 Å². The van der Waals surface area contributed by atoms with Gasteiger partial charge >= 0.3 is 0 Å². The Hall–Kier alpha value is -1.30. The van der Waals surface area contributed by atoms with E-state index in [1.165, 1.54) is 25.7 Å². The molecule has 0 spiro atoms. The van der Waals surface area contributed by atoms with Crippen LogP contribution in [-0.4, -0.2) is 51.3 Å². The summed E-state index contributed by atoms with van der Waals surface area (Å²) in [7, 11) is 1.77. The van der Waals surface area contributed by atoms with Crippen molar-refractivity contribution in [1.29, 1.82) is 0 Å². The minimum absolute atomic E-state index is 0.0845. The molecule has 6 nitrogen and oxygen atoms in total. The predicted octanol–water partition coefficient (Wildman–Crippen LogP) is 2.44. The van der Waals surface area contributed by atoms with Crippen LogP contribution in [0.5, 0.6) is 0 Å². The predicted molar refractivity (Wildman–Crippen MR) is 104 cm³/mol. The second-order valence-corrected chi connectivity index (χ2v) is 7.13. The number of hydrogen-bond acceptors (Lipinski definition) is 3. The minimum atomic E-state index is 0.0845. The van der Waals surface area contributed by atoms with Gasteiger partial charge in [-0.25, -0.2) is 0 Å². The highest BCUT2D eigenvalue weighted by molar-refractivity contribution is 5.81. The molecular formula is C19H38N4O2. The molecule has 0 aromatic rings. The number of guanidine groups is 1. The molecular weight excluding hydrogens is 316 g/mol. The van der Waals surface area contributed by atoms with Crippen molar-refractivity contribution in [2.75, 3.05) is 33.4 Å². The number of carbonyl (C=O) groups excluding carboxylic acids is 1. The maximum atomic E-state index is 11.8. The zero-order valence-electron chi connectivity index (χ0n) is 16.6. The average molecular weight is 355 g/mol. The molecule has 1 amide bonds. The molecule has 1 fully saturated rings. The monoisotopic (exact) mass is 354 g/mol. The Labute approximate surface area is 153 Å². The van der Waals surface area contributed by atoms with Gasteiger partial charge in [-0.3, -0.25) is 9.79 Å². The van der Waals surface area contributed by atoms with E-state index in [-0.39, 0.29) is 11.9 Å². The number of hydrogen-bond donors (Lipinski definition) is 3. The highest BCUT2D eigenvalue weighted by Crippen LogP contribution is 2.40. The maximum Gasteiger partial charge on any atom is 0.221 e. The van der Waals surface area contributed by atoms with E-state index in [0.29, 0.717) is 18.4 Å². The van der Waals surface area contributed by atoms with E-state index in [4.69, 9.17) is 4.74 Å². The lowest BCUT2D eigenvalue weighted by Crippen LogP contribution is -2.44. The van der Waals surface area contributed by atoms with Crippen LogP contribution in [-0.2, 0) is 9.53 Å². The molecule has 1 atom stereocenters. The fourth-order valence-corrected chi connectivity index (χ4v) is 3.31. The van der Waals surface area contributed by atoms with Gasteiger partial charge < -0.3 is 20.7 Å². The van der Waals surface area contributed by atoms with Crippen LogP contribution in [0.2, 0.25) is 0 Å². The van der Waals surface area contributed by atoms with Crippen LogP contribution in [0.25, 0.3) is 0 Å². The molecule has 1 saturated carbocycles. The van der Waals surface area contributed by atoms with Crippen LogP contribution in [0.1, 0.15) is 65.7 Å². The number of amides is 1. The zero-order chi connectivity index (χ0) is 18.5. The van der Waals surface area contributed by atoms with E-state index >= 15 is 0 Å². The molecule has 3 N–H and O–H groups in total. The van der Waals surface area contributed by atoms with Gasteiger partial charge in [-0.2, -0.15) is 0 Å². The Bertz CT molecular complexity index is 406. The molecule has 146 valence electrons. The number of rotatable bonds is 11. The lowest BCUT2D eigenvalue weighted by Gasteiger charge is -2.30. The molecule has 25 heavy (non-hydrogen) atoms. The van der Waals surface area contributed by atoms with E-state index < -0.39 is 0 Å². The molecule has 0 heterocycles. The Morgan fingerprint density at radius 1 is 1.24 bits per heavy atom. The summed E-state index contributed by atoms with van der Waals surface area (Å²) in [6, 6.07) is 0.234. The molecule has 1 aliphatic rings. The number of aliphatic imine (C=N–C) groups is 1. The van der Waals surface area contributed by atoms with Crippen molar-refractivity contribution in [3.05, 3.63) is 0 Å². The number of nitrogens with zero attached hydrogens (tertiary/aromatic N) is 1. The Kier molecular flexibility index (Phi) is 10.5. The van der Waals surface area contributed by atoms with Crippen molar-refractivity contribution in [3.63, 3.8) is 0 Å². The molecule has 1 unspecified atom stereocenters. The van der Waals surface area contributed by atoms with Gasteiger partial charge in [0.25, 0.3) is 0 Å². The molecule has 0 aromatic carbocycles. The molecule has 1 aliphatic carbocycles. The Morgan fingerprint density at radius 2 is 1.96 bits per heavy atom. The van der Waals surface area contributed by atoms with Gasteiger partial charge in [-0.15, -0.1) is 0 Å². The standard InChI is InChI=1S/C19H38N4O2/c1-5-16(3)23-17(24)9-13-21-18(20-4)22-15-19(10-7-8-11-19)12-14-25-6-2/h16H,5-15H2,1-4H3,(H,23,24)(H2,20,21,22). The molecule has 0 saturated heterocycles. The molecule has 0 bridgehead atoms. The van der Waals surface area contributed by atoms with Crippen molar-refractivity contribution in [2.45, 2.75) is 71.8 Å². The second-order valence-electron chi connectivity index (χ2n) is 7.13. The summed E-state index contributed by atoms with van der Waals surface area (Å²) in [6.45, 7) is 9.26. The summed E-state index contributed by atoms with van der Waals surface area (Å²) in [6.07, 6.45) is 7.61. The summed E-state index contributed by atoms with van der Waals surface area (Å²) in [4.78, 5) is 16.1. The Balaban J connectivity index is 2.33. The van der Waals surface area contributed by atoms with Gasteiger partial charge in [-0.05, 0) is 44.9 Å². The third-order valence-electron chi connectivity index (χ3n) is 5.16. The van der Waals surface area contributed by atoms with Gasteiger partial charge in [0, 0.05) is 45.8 Å². The molecule has 0 radical (unpaired) electrons. The quantitative estimate of drug-likeness (QED) is 0.303. The number of nitrogens with one attached hydrogen (secondary N) is 3. The molecule has 0 aromatic heterocycles. The van der Waals surface area contributed by atoms with Crippen molar-refractivity contribution in [1.82, 2.24) is 16.0 Å². The minimum Gasteiger partial charge on any atom is -0.382 e. The largest absolute Gasteiger partial charge is 0.382 e. The number of carbonyl (C=O) groups is 1. The smallest absolute Gasteiger partial charge is 0.221 e. The maximum absolute atomic E-state index is 11.8. The summed E-state index contributed by atoms with van der Waals surface area (Å²) < 4.78 is 5.57. The van der Waals surface area contributed by atoms with Crippen molar-refractivity contribution < 1.29 is 9.53 Å². The lowest BCUT2D eigenvalue weighted by molar-refractivity contribution is -0.121. The topological polar surface area (TPSA) is 74.8 Å². The first-order valence-corrected chi connectivity index (χ1v) is 9.87. The van der Waals surface area contributed by atoms with Crippen molar-refractivity contribution >= 4 is 11.9 Å². The Morgan fingerprint density at radius 3 is 2.56 bits per heavy atom. The molecule has 1 rings (SSSR count). The van der Waals surface area contributed by atoms with Crippen molar-refractivity contribution in [3.8, 4) is 0 Å². The number of ether oxygens (including phenoxy) is 1. The van der Waals surface area contributed by atoms with Gasteiger partial charge in [0.1, 0.15) is 0 Å². The van der Waals surface area contributed by atoms with Crippen LogP contribution in [0.4, 0.5) is 0 Å². The summed E-state index contributed by atoms with van der Waals surface area (Å²) in [5, 5.41) is 9.68. The molecule has 6 heteroatoms. The van der Waals surface area contributed by atoms with E-state index in [1.807, 2.05) is 13.8 Å². The van der Waals surface area contributed by atoms with E-state index in [1.54, 1.807) is 7.05 Å². The SMILES string of the molecule is CCOCCC1(CNC(=NC)NCCC(=O)NC(C)CC)CCCC1. The average Bonchev–Trinajstić information content (AvgIpc) is 3.07. The van der Waals surface area contributed by atoms with Crippen LogP contribution < -0.4 is 16.0 Å². The highest BCUT2D eigenvalue weighted by Gasteiger charge is 2.33. The second kappa shape index (κ2) is 12.1. The van der Waals surface area contributed by atoms with Crippen LogP contribution in [0.15, 0.2) is 4.99 Å².